The van der Waals surface area contributed by atoms with Gasteiger partial charge < -0.3 is 42.2 Å². The Morgan fingerprint density at radius 3 is 1.98 bits per heavy atom. The van der Waals surface area contributed by atoms with E-state index in [1.54, 1.807) is 6.20 Å². The van der Waals surface area contributed by atoms with Crippen molar-refractivity contribution in [1.29, 1.82) is 0 Å². The molecular weight excluding hydrogens is 572 g/mol. The Bertz CT molecular complexity index is 1320. The maximum atomic E-state index is 13.7. The molecule has 0 aliphatic rings. The molecule has 0 bridgehead atoms. The molecule has 242 valence electrons. The van der Waals surface area contributed by atoms with Crippen LogP contribution in [0, 0.1) is 11.8 Å². The van der Waals surface area contributed by atoms with Gasteiger partial charge in [0.05, 0.1) is 6.04 Å². The highest BCUT2D eigenvalue weighted by molar-refractivity contribution is 5.96. The van der Waals surface area contributed by atoms with E-state index < -0.39 is 72.7 Å². The first-order chi connectivity index (χ1) is 20.7. The minimum absolute atomic E-state index is 0.0147. The summed E-state index contributed by atoms with van der Waals surface area (Å²) in [6.07, 6.45) is 1.52. The van der Waals surface area contributed by atoms with Crippen LogP contribution in [0.4, 0.5) is 0 Å². The molecular formula is C30H44N6O8. The average Bonchev–Trinajstić information content (AvgIpc) is 3.34. The average molecular weight is 617 g/mol. The number of rotatable bonds is 18. The Hall–Kier alpha value is -4.46. The smallest absolute Gasteiger partial charge is 0.322 e. The van der Waals surface area contributed by atoms with Gasteiger partial charge in [-0.1, -0.05) is 45.9 Å². The van der Waals surface area contributed by atoms with E-state index >= 15 is 0 Å². The summed E-state index contributed by atoms with van der Waals surface area (Å²) in [6.45, 7) is 6.78. The SMILES string of the molecule is CC(C)CC(N)C(=O)NC(CCC(=O)O)C(=O)NC(Cc1c[nH]c2ccccc12)C(=O)NC(CC(C)C)C(=O)NCC(=O)O. The second-order valence-electron chi connectivity index (χ2n) is 11.7. The Kier molecular flexibility index (Phi) is 13.8. The fourth-order valence-corrected chi connectivity index (χ4v) is 4.69. The van der Waals surface area contributed by atoms with Crippen molar-refractivity contribution in [1.82, 2.24) is 26.3 Å². The molecule has 1 aromatic heterocycles. The molecule has 4 atom stereocenters. The van der Waals surface area contributed by atoms with E-state index in [0.29, 0.717) is 12.0 Å². The van der Waals surface area contributed by atoms with Crippen molar-refractivity contribution in [2.45, 2.75) is 84.0 Å². The summed E-state index contributed by atoms with van der Waals surface area (Å²) in [6, 6.07) is 2.75. The highest BCUT2D eigenvalue weighted by atomic mass is 16.4. The number of para-hydroxylation sites is 1. The van der Waals surface area contributed by atoms with Gasteiger partial charge in [-0.3, -0.25) is 28.8 Å². The Morgan fingerprint density at radius 2 is 1.36 bits per heavy atom. The molecule has 14 heteroatoms. The maximum Gasteiger partial charge on any atom is 0.322 e. The zero-order chi connectivity index (χ0) is 33.0. The summed E-state index contributed by atoms with van der Waals surface area (Å²) in [5, 5.41) is 29.1. The molecule has 0 aliphatic carbocycles. The van der Waals surface area contributed by atoms with Crippen LogP contribution in [0.15, 0.2) is 30.5 Å². The van der Waals surface area contributed by atoms with Crippen LogP contribution >= 0.6 is 0 Å². The number of nitrogens with one attached hydrogen (secondary N) is 5. The van der Waals surface area contributed by atoms with Crippen LogP contribution in [-0.4, -0.2) is 81.5 Å². The fraction of sp³-hybridized carbons (Fsp3) is 0.533. The second-order valence-corrected chi connectivity index (χ2v) is 11.7. The fourth-order valence-electron chi connectivity index (χ4n) is 4.69. The van der Waals surface area contributed by atoms with Crippen LogP contribution in [0.3, 0.4) is 0 Å². The van der Waals surface area contributed by atoms with Crippen molar-refractivity contribution in [2.75, 3.05) is 6.54 Å². The summed E-state index contributed by atoms with van der Waals surface area (Å²) in [7, 11) is 0. The predicted octanol–water partition coefficient (Wildman–Crippen LogP) is 0.650. The van der Waals surface area contributed by atoms with Crippen LogP contribution < -0.4 is 27.0 Å². The minimum atomic E-state index is -1.31. The van der Waals surface area contributed by atoms with Gasteiger partial charge in [0.2, 0.25) is 23.6 Å². The molecule has 14 nitrogen and oxygen atoms in total. The van der Waals surface area contributed by atoms with Gasteiger partial charge in [-0.15, -0.1) is 0 Å². The van der Waals surface area contributed by atoms with Crippen LogP contribution in [0.5, 0.6) is 0 Å². The molecule has 0 fully saturated rings. The highest BCUT2D eigenvalue weighted by Crippen LogP contribution is 2.20. The lowest BCUT2D eigenvalue weighted by molar-refractivity contribution is -0.139. The number of carbonyl (C=O) groups excluding carboxylic acids is 4. The standard InChI is InChI=1S/C30H44N6O8/c1-16(2)11-20(31)27(41)34-22(9-10-25(37)38)29(43)36-24(13-18-14-32-21-8-6-5-7-19(18)21)30(44)35-23(12-17(3)4)28(42)33-15-26(39)40/h5-8,14,16-17,20,22-24,32H,9-13,15,31H2,1-4H3,(H,33,42)(H,34,41)(H,35,44)(H,36,43)(H,37,38)(H,39,40). The summed E-state index contributed by atoms with van der Waals surface area (Å²) in [5.41, 5.74) is 7.46. The Balaban J connectivity index is 2.37. The normalized spacial score (nSPS) is 14.0. The van der Waals surface area contributed by atoms with Crippen molar-refractivity contribution >= 4 is 46.5 Å². The van der Waals surface area contributed by atoms with Gasteiger partial charge in [0.25, 0.3) is 0 Å². The van der Waals surface area contributed by atoms with Gasteiger partial charge in [0.1, 0.15) is 24.7 Å². The number of aromatic nitrogens is 1. The first kappa shape index (κ1) is 35.7. The number of carboxylic acids is 2. The van der Waals surface area contributed by atoms with Crippen molar-refractivity contribution < 1.29 is 39.0 Å². The largest absolute Gasteiger partial charge is 0.481 e. The van der Waals surface area contributed by atoms with Gasteiger partial charge in [-0.05, 0) is 42.7 Å². The van der Waals surface area contributed by atoms with Gasteiger partial charge >= 0.3 is 11.9 Å². The molecule has 1 heterocycles. The number of hydrogen-bond acceptors (Lipinski definition) is 7. The number of nitrogens with two attached hydrogens (primary N) is 1. The number of fused-ring (bicyclic) bond motifs is 1. The van der Waals surface area contributed by atoms with E-state index in [1.807, 2.05) is 52.0 Å². The van der Waals surface area contributed by atoms with Gasteiger partial charge in [0.15, 0.2) is 0 Å². The third-order valence-electron chi connectivity index (χ3n) is 6.83. The number of amides is 4. The molecule has 2 rings (SSSR count). The molecule has 2 aromatic rings. The van der Waals surface area contributed by atoms with Crippen LogP contribution in [-0.2, 0) is 35.2 Å². The summed E-state index contributed by atoms with van der Waals surface area (Å²) in [4.78, 5) is 78.2. The van der Waals surface area contributed by atoms with Crippen LogP contribution in [0.2, 0.25) is 0 Å². The number of aromatic amines is 1. The summed E-state index contributed by atoms with van der Waals surface area (Å²) in [5.74, 6) is -5.24. The van der Waals surface area contributed by atoms with E-state index in [0.717, 1.165) is 10.9 Å². The zero-order valence-corrected chi connectivity index (χ0v) is 25.5. The monoisotopic (exact) mass is 616 g/mol. The van der Waals surface area contributed by atoms with Gasteiger partial charge in [0, 0.05) is 29.9 Å². The Morgan fingerprint density at radius 1 is 0.773 bits per heavy atom. The maximum absolute atomic E-state index is 13.7. The van der Waals surface area contributed by atoms with Gasteiger partial charge in [-0.25, -0.2) is 0 Å². The number of hydrogen-bond donors (Lipinski definition) is 8. The first-order valence-corrected chi connectivity index (χ1v) is 14.6. The summed E-state index contributed by atoms with van der Waals surface area (Å²) >= 11 is 0. The third kappa shape index (κ3) is 11.7. The summed E-state index contributed by atoms with van der Waals surface area (Å²) < 4.78 is 0. The number of carboxylic acid groups (broad SMARTS) is 2. The zero-order valence-electron chi connectivity index (χ0n) is 25.5. The number of aliphatic carboxylic acids is 2. The highest BCUT2D eigenvalue weighted by Gasteiger charge is 2.32. The van der Waals surface area contributed by atoms with E-state index in [1.165, 1.54) is 0 Å². The molecule has 0 aliphatic heterocycles. The molecule has 4 amide bonds. The molecule has 1 aromatic carbocycles. The van der Waals surface area contributed by atoms with Crippen molar-refractivity contribution in [3.05, 3.63) is 36.0 Å². The van der Waals surface area contributed by atoms with E-state index in [2.05, 4.69) is 26.3 Å². The molecule has 0 saturated heterocycles. The lowest BCUT2D eigenvalue weighted by Crippen LogP contribution is -2.58. The Labute approximate surface area is 255 Å². The van der Waals surface area contributed by atoms with Crippen LogP contribution in [0.25, 0.3) is 10.9 Å². The lowest BCUT2D eigenvalue weighted by Gasteiger charge is -2.26. The molecule has 0 radical (unpaired) electrons. The van der Waals surface area contributed by atoms with Crippen molar-refractivity contribution in [3.63, 3.8) is 0 Å². The van der Waals surface area contributed by atoms with E-state index in [4.69, 9.17) is 10.8 Å². The molecule has 44 heavy (non-hydrogen) atoms. The molecule has 0 saturated carbocycles. The van der Waals surface area contributed by atoms with Crippen molar-refractivity contribution in [3.8, 4) is 0 Å². The number of benzene rings is 1. The topological polar surface area (TPSA) is 233 Å². The van der Waals surface area contributed by atoms with E-state index in [-0.39, 0.29) is 31.1 Å². The van der Waals surface area contributed by atoms with Gasteiger partial charge in [-0.2, -0.15) is 0 Å². The minimum Gasteiger partial charge on any atom is -0.481 e. The molecule has 9 N–H and O–H groups in total. The van der Waals surface area contributed by atoms with Crippen LogP contribution in [0.1, 0.15) is 58.9 Å². The lowest BCUT2D eigenvalue weighted by atomic mass is 10.00. The van der Waals surface area contributed by atoms with Crippen molar-refractivity contribution in [2.24, 2.45) is 17.6 Å². The predicted molar refractivity (Wildman–Crippen MR) is 162 cm³/mol. The quantitative estimate of drug-likeness (QED) is 0.117. The molecule has 0 spiro atoms. The second kappa shape index (κ2) is 17.0. The van der Waals surface area contributed by atoms with E-state index in [9.17, 15) is 33.9 Å². The molecule has 4 unspecified atom stereocenters. The first-order valence-electron chi connectivity index (χ1n) is 14.6. The number of carbonyl (C=O) groups is 6. The number of H-pyrrole nitrogens is 1. The third-order valence-corrected chi connectivity index (χ3v) is 6.83.